The molecule has 0 bridgehead atoms. The van der Waals surface area contributed by atoms with Crippen LogP contribution in [0.1, 0.15) is 47.5 Å². The van der Waals surface area contributed by atoms with Crippen LogP contribution in [-0.2, 0) is 14.3 Å². The fourth-order valence-corrected chi connectivity index (χ4v) is 2.17. The van der Waals surface area contributed by atoms with E-state index in [1.165, 1.54) is 7.11 Å². The van der Waals surface area contributed by atoms with E-state index in [1.54, 1.807) is 0 Å². The standard InChI is InChI=1S/C14H27NO3/c1-10(2)15-14(11-7-8-11,12(16)17-6)9-18-13(3,4)5/h10-11,15H,7-9H2,1-6H3. The summed E-state index contributed by atoms with van der Waals surface area (Å²) in [5, 5.41) is 3.38. The second-order valence-corrected chi connectivity index (χ2v) is 6.44. The van der Waals surface area contributed by atoms with Crippen molar-refractivity contribution in [3.63, 3.8) is 0 Å². The van der Waals surface area contributed by atoms with E-state index in [-0.39, 0.29) is 17.6 Å². The quantitative estimate of drug-likeness (QED) is 0.740. The van der Waals surface area contributed by atoms with Crippen LogP contribution in [0.25, 0.3) is 0 Å². The monoisotopic (exact) mass is 257 g/mol. The smallest absolute Gasteiger partial charge is 0.328 e. The molecule has 0 saturated heterocycles. The molecule has 0 spiro atoms. The van der Waals surface area contributed by atoms with E-state index in [0.717, 1.165) is 12.8 Å². The van der Waals surface area contributed by atoms with E-state index in [4.69, 9.17) is 9.47 Å². The summed E-state index contributed by atoms with van der Waals surface area (Å²) < 4.78 is 10.9. The zero-order valence-corrected chi connectivity index (χ0v) is 12.5. The molecule has 1 saturated carbocycles. The number of carbonyl (C=O) groups is 1. The molecule has 4 heteroatoms. The first-order chi connectivity index (χ1) is 8.21. The minimum Gasteiger partial charge on any atom is -0.468 e. The Morgan fingerprint density at radius 1 is 1.33 bits per heavy atom. The van der Waals surface area contributed by atoms with Crippen molar-refractivity contribution in [1.82, 2.24) is 5.32 Å². The fraction of sp³-hybridized carbons (Fsp3) is 0.929. The third-order valence-electron chi connectivity index (χ3n) is 3.10. The zero-order chi connectivity index (χ0) is 14.0. The third-order valence-corrected chi connectivity index (χ3v) is 3.10. The summed E-state index contributed by atoms with van der Waals surface area (Å²) in [5.41, 5.74) is -0.941. The topological polar surface area (TPSA) is 47.6 Å². The molecule has 1 unspecified atom stereocenters. The van der Waals surface area contributed by atoms with Crippen LogP contribution in [0.4, 0.5) is 0 Å². The molecule has 0 aromatic rings. The second kappa shape index (κ2) is 5.57. The maximum absolute atomic E-state index is 12.2. The number of esters is 1. The molecule has 106 valence electrons. The van der Waals surface area contributed by atoms with Crippen molar-refractivity contribution in [2.45, 2.75) is 64.6 Å². The van der Waals surface area contributed by atoms with Crippen molar-refractivity contribution in [1.29, 1.82) is 0 Å². The van der Waals surface area contributed by atoms with Crippen LogP contribution >= 0.6 is 0 Å². The van der Waals surface area contributed by atoms with Gasteiger partial charge in [0.2, 0.25) is 0 Å². The summed E-state index contributed by atoms with van der Waals surface area (Å²) in [6.07, 6.45) is 2.12. The normalized spacial score (nSPS) is 19.7. The first kappa shape index (κ1) is 15.4. The molecular formula is C14H27NO3. The van der Waals surface area contributed by atoms with Crippen molar-refractivity contribution >= 4 is 5.97 Å². The third kappa shape index (κ3) is 3.95. The Labute approximate surface area is 110 Å². The molecule has 0 aromatic heterocycles. The number of hydrogen-bond donors (Lipinski definition) is 1. The highest BCUT2D eigenvalue weighted by Gasteiger charge is 2.52. The molecule has 0 amide bonds. The van der Waals surface area contributed by atoms with E-state index in [1.807, 2.05) is 34.6 Å². The van der Waals surface area contributed by atoms with Crippen molar-refractivity contribution in [3.05, 3.63) is 0 Å². The van der Waals surface area contributed by atoms with Gasteiger partial charge < -0.3 is 9.47 Å². The molecule has 0 heterocycles. The van der Waals surface area contributed by atoms with Crippen LogP contribution in [0.5, 0.6) is 0 Å². The molecule has 0 radical (unpaired) electrons. The van der Waals surface area contributed by atoms with Gasteiger partial charge in [-0.05, 0) is 53.4 Å². The minimum atomic E-state index is -0.684. The number of nitrogens with one attached hydrogen (secondary N) is 1. The van der Waals surface area contributed by atoms with Gasteiger partial charge in [0, 0.05) is 6.04 Å². The second-order valence-electron chi connectivity index (χ2n) is 6.44. The van der Waals surface area contributed by atoms with Gasteiger partial charge in [0.15, 0.2) is 0 Å². The Kier molecular flexibility index (Phi) is 4.78. The highest BCUT2D eigenvalue weighted by molar-refractivity contribution is 5.82. The lowest BCUT2D eigenvalue weighted by Gasteiger charge is -2.36. The fourth-order valence-electron chi connectivity index (χ4n) is 2.17. The molecule has 1 atom stereocenters. The number of rotatable bonds is 6. The summed E-state index contributed by atoms with van der Waals surface area (Å²) >= 11 is 0. The molecular weight excluding hydrogens is 230 g/mol. The Morgan fingerprint density at radius 3 is 2.22 bits per heavy atom. The summed E-state index contributed by atoms with van der Waals surface area (Å²) in [6, 6.07) is 0.216. The largest absolute Gasteiger partial charge is 0.468 e. The lowest BCUT2D eigenvalue weighted by molar-refractivity contribution is -0.156. The highest BCUT2D eigenvalue weighted by Crippen LogP contribution is 2.41. The van der Waals surface area contributed by atoms with Crippen LogP contribution < -0.4 is 5.32 Å². The summed E-state index contributed by atoms with van der Waals surface area (Å²) in [5.74, 6) is 0.123. The number of hydrogen-bond acceptors (Lipinski definition) is 4. The Morgan fingerprint density at radius 2 is 1.89 bits per heavy atom. The molecule has 4 nitrogen and oxygen atoms in total. The summed E-state index contributed by atoms with van der Waals surface area (Å²) in [6.45, 7) is 10.4. The van der Waals surface area contributed by atoms with Gasteiger partial charge in [0.25, 0.3) is 0 Å². The SMILES string of the molecule is COC(=O)C(COC(C)(C)C)(NC(C)C)C1CC1. The molecule has 0 aromatic carbocycles. The van der Waals surface area contributed by atoms with E-state index in [9.17, 15) is 4.79 Å². The van der Waals surface area contributed by atoms with E-state index in [0.29, 0.717) is 12.5 Å². The van der Waals surface area contributed by atoms with Gasteiger partial charge in [-0.1, -0.05) is 0 Å². The molecule has 0 aliphatic heterocycles. The van der Waals surface area contributed by atoms with Crippen molar-refractivity contribution < 1.29 is 14.3 Å². The molecule has 1 fully saturated rings. The number of ether oxygens (including phenoxy) is 2. The Balaban J connectivity index is 2.86. The Hall–Kier alpha value is -0.610. The predicted molar refractivity (Wildman–Crippen MR) is 71.4 cm³/mol. The van der Waals surface area contributed by atoms with Crippen molar-refractivity contribution in [2.75, 3.05) is 13.7 Å². The van der Waals surface area contributed by atoms with E-state index in [2.05, 4.69) is 5.32 Å². The molecule has 1 aliphatic rings. The van der Waals surface area contributed by atoms with Gasteiger partial charge in [0.1, 0.15) is 5.54 Å². The predicted octanol–water partition coefficient (Wildman–Crippen LogP) is 2.12. The maximum Gasteiger partial charge on any atom is 0.328 e. The Bertz CT molecular complexity index is 292. The number of methoxy groups -OCH3 is 1. The van der Waals surface area contributed by atoms with Gasteiger partial charge in [-0.3, -0.25) is 5.32 Å². The van der Waals surface area contributed by atoms with Crippen LogP contribution in [-0.4, -0.2) is 36.9 Å². The van der Waals surface area contributed by atoms with E-state index < -0.39 is 5.54 Å². The molecule has 1 rings (SSSR count). The molecule has 1 N–H and O–H groups in total. The summed E-state index contributed by atoms with van der Waals surface area (Å²) in [7, 11) is 1.44. The first-order valence-electron chi connectivity index (χ1n) is 6.71. The van der Waals surface area contributed by atoms with E-state index >= 15 is 0 Å². The molecule has 18 heavy (non-hydrogen) atoms. The number of carbonyl (C=O) groups excluding carboxylic acids is 1. The molecule has 1 aliphatic carbocycles. The van der Waals surface area contributed by atoms with Crippen molar-refractivity contribution in [3.8, 4) is 0 Å². The van der Waals surface area contributed by atoms with Gasteiger partial charge >= 0.3 is 5.97 Å². The van der Waals surface area contributed by atoms with Gasteiger partial charge in [-0.2, -0.15) is 0 Å². The van der Waals surface area contributed by atoms with Crippen LogP contribution in [0, 0.1) is 5.92 Å². The van der Waals surface area contributed by atoms with Crippen LogP contribution in [0.15, 0.2) is 0 Å². The van der Waals surface area contributed by atoms with Gasteiger partial charge in [-0.25, -0.2) is 4.79 Å². The lowest BCUT2D eigenvalue weighted by Crippen LogP contribution is -2.60. The highest BCUT2D eigenvalue weighted by atomic mass is 16.5. The average Bonchev–Trinajstić information content (AvgIpc) is 3.05. The first-order valence-corrected chi connectivity index (χ1v) is 6.71. The summed E-state index contributed by atoms with van der Waals surface area (Å²) in [4.78, 5) is 12.2. The van der Waals surface area contributed by atoms with Crippen molar-refractivity contribution in [2.24, 2.45) is 5.92 Å². The minimum absolute atomic E-state index is 0.206. The average molecular weight is 257 g/mol. The van der Waals surface area contributed by atoms with Gasteiger partial charge in [0.05, 0.1) is 19.3 Å². The van der Waals surface area contributed by atoms with Crippen LogP contribution in [0.3, 0.4) is 0 Å². The van der Waals surface area contributed by atoms with Gasteiger partial charge in [-0.15, -0.1) is 0 Å². The maximum atomic E-state index is 12.2. The zero-order valence-electron chi connectivity index (χ0n) is 12.5. The lowest BCUT2D eigenvalue weighted by atomic mass is 9.92. The van der Waals surface area contributed by atoms with Crippen LogP contribution in [0.2, 0.25) is 0 Å².